The lowest BCUT2D eigenvalue weighted by molar-refractivity contribution is 0.0627. The second-order valence-electron chi connectivity index (χ2n) is 4.77. The highest BCUT2D eigenvalue weighted by Crippen LogP contribution is 2.20. The van der Waals surface area contributed by atoms with Gasteiger partial charge >= 0.3 is 0 Å². The standard InChI is InChI=1S/C13H20FNO3S/c1-3-4-9-19(17,18)15-10-13(2,16)11-5-7-12(14)8-6-11/h5-8,15-16H,3-4,9-10H2,1-2H3. The molecule has 0 saturated heterocycles. The lowest BCUT2D eigenvalue weighted by atomic mass is 9.96. The number of sulfonamides is 1. The number of rotatable bonds is 7. The summed E-state index contributed by atoms with van der Waals surface area (Å²) in [5, 5.41) is 10.2. The monoisotopic (exact) mass is 289 g/mol. The Hall–Kier alpha value is -0.980. The summed E-state index contributed by atoms with van der Waals surface area (Å²) in [6.07, 6.45) is 1.36. The van der Waals surface area contributed by atoms with E-state index >= 15 is 0 Å². The molecule has 0 bridgehead atoms. The molecule has 0 fully saturated rings. The van der Waals surface area contributed by atoms with Gasteiger partial charge in [0.2, 0.25) is 10.0 Å². The van der Waals surface area contributed by atoms with Crippen LogP contribution in [0.2, 0.25) is 0 Å². The lowest BCUT2D eigenvalue weighted by Crippen LogP contribution is -2.39. The molecule has 0 saturated carbocycles. The molecule has 0 spiro atoms. The van der Waals surface area contributed by atoms with Gasteiger partial charge in [-0.25, -0.2) is 17.5 Å². The molecule has 108 valence electrons. The van der Waals surface area contributed by atoms with Crippen LogP contribution >= 0.6 is 0 Å². The SMILES string of the molecule is CCCCS(=O)(=O)NCC(C)(O)c1ccc(F)cc1. The second kappa shape index (κ2) is 6.45. The Morgan fingerprint density at radius 3 is 2.42 bits per heavy atom. The number of unbranched alkanes of at least 4 members (excludes halogenated alkanes) is 1. The molecule has 4 nitrogen and oxygen atoms in total. The molecule has 1 aromatic rings. The van der Waals surface area contributed by atoms with E-state index in [0.717, 1.165) is 6.42 Å². The Labute approximate surface area is 113 Å². The van der Waals surface area contributed by atoms with Crippen LogP contribution in [0.1, 0.15) is 32.3 Å². The molecule has 2 N–H and O–H groups in total. The minimum absolute atomic E-state index is 0.0446. The van der Waals surface area contributed by atoms with Crippen LogP contribution < -0.4 is 4.72 Å². The van der Waals surface area contributed by atoms with E-state index < -0.39 is 21.4 Å². The van der Waals surface area contributed by atoms with Crippen molar-refractivity contribution in [3.05, 3.63) is 35.6 Å². The van der Waals surface area contributed by atoms with Crippen LogP contribution in [0.4, 0.5) is 4.39 Å². The van der Waals surface area contributed by atoms with Crippen molar-refractivity contribution in [2.75, 3.05) is 12.3 Å². The first-order valence-corrected chi connectivity index (χ1v) is 7.88. The van der Waals surface area contributed by atoms with Gasteiger partial charge in [0.05, 0.1) is 5.75 Å². The Balaban J connectivity index is 2.67. The second-order valence-corrected chi connectivity index (χ2v) is 6.70. The molecular weight excluding hydrogens is 269 g/mol. The van der Waals surface area contributed by atoms with Crippen molar-refractivity contribution in [2.24, 2.45) is 0 Å². The normalized spacial score (nSPS) is 15.2. The highest BCUT2D eigenvalue weighted by atomic mass is 32.2. The van der Waals surface area contributed by atoms with E-state index in [0.29, 0.717) is 12.0 Å². The molecule has 6 heteroatoms. The minimum atomic E-state index is -3.38. The lowest BCUT2D eigenvalue weighted by Gasteiger charge is -2.24. The van der Waals surface area contributed by atoms with Crippen molar-refractivity contribution in [2.45, 2.75) is 32.3 Å². The van der Waals surface area contributed by atoms with E-state index in [-0.39, 0.29) is 12.3 Å². The molecule has 0 aromatic heterocycles. The van der Waals surface area contributed by atoms with Crippen LogP contribution in [0.3, 0.4) is 0 Å². The Morgan fingerprint density at radius 1 is 1.32 bits per heavy atom. The quantitative estimate of drug-likeness (QED) is 0.803. The van der Waals surface area contributed by atoms with Gasteiger partial charge in [0, 0.05) is 6.54 Å². The molecule has 19 heavy (non-hydrogen) atoms. The third-order valence-corrected chi connectivity index (χ3v) is 4.28. The number of hydrogen-bond acceptors (Lipinski definition) is 3. The zero-order chi connectivity index (χ0) is 14.5. The van der Waals surface area contributed by atoms with Gasteiger partial charge in [0.25, 0.3) is 0 Å². The maximum absolute atomic E-state index is 12.8. The van der Waals surface area contributed by atoms with Gasteiger partial charge in [0.1, 0.15) is 11.4 Å². The molecule has 0 heterocycles. The van der Waals surface area contributed by atoms with Crippen LogP contribution in [-0.4, -0.2) is 25.8 Å². The van der Waals surface area contributed by atoms with Gasteiger partial charge in [-0.1, -0.05) is 25.5 Å². The van der Waals surface area contributed by atoms with Crippen LogP contribution in [0.15, 0.2) is 24.3 Å². The predicted molar refractivity (Wildman–Crippen MR) is 72.7 cm³/mol. The average Bonchev–Trinajstić information content (AvgIpc) is 2.35. The maximum atomic E-state index is 12.8. The zero-order valence-corrected chi connectivity index (χ0v) is 12.0. The molecule has 0 aliphatic rings. The van der Waals surface area contributed by atoms with Gasteiger partial charge in [-0.2, -0.15) is 0 Å². The first-order valence-electron chi connectivity index (χ1n) is 6.22. The van der Waals surface area contributed by atoms with Crippen molar-refractivity contribution < 1.29 is 17.9 Å². The van der Waals surface area contributed by atoms with Crippen LogP contribution in [-0.2, 0) is 15.6 Å². The number of benzene rings is 1. The van der Waals surface area contributed by atoms with Gasteiger partial charge in [-0.05, 0) is 31.0 Å². The summed E-state index contributed by atoms with van der Waals surface area (Å²) in [6, 6.07) is 5.34. The fraction of sp³-hybridized carbons (Fsp3) is 0.538. The molecule has 1 aromatic carbocycles. The third kappa shape index (κ3) is 5.26. The number of nitrogens with one attached hydrogen (secondary N) is 1. The van der Waals surface area contributed by atoms with E-state index in [2.05, 4.69) is 4.72 Å². The molecule has 0 aliphatic heterocycles. The third-order valence-electron chi connectivity index (χ3n) is 2.87. The number of halogens is 1. The fourth-order valence-corrected chi connectivity index (χ4v) is 2.88. The topological polar surface area (TPSA) is 66.4 Å². The summed E-state index contributed by atoms with van der Waals surface area (Å²) in [4.78, 5) is 0. The molecule has 1 unspecified atom stereocenters. The largest absolute Gasteiger partial charge is 0.384 e. The summed E-state index contributed by atoms with van der Waals surface area (Å²) in [6.45, 7) is 3.26. The van der Waals surface area contributed by atoms with Gasteiger partial charge in [-0.3, -0.25) is 0 Å². The highest BCUT2D eigenvalue weighted by Gasteiger charge is 2.25. The summed E-state index contributed by atoms with van der Waals surface area (Å²) in [5.41, 5.74) is -0.903. The number of aliphatic hydroxyl groups is 1. The molecule has 0 radical (unpaired) electrons. The van der Waals surface area contributed by atoms with Crippen molar-refractivity contribution in [1.82, 2.24) is 4.72 Å². The molecule has 1 rings (SSSR count). The Bertz CT molecular complexity index is 497. The molecule has 0 amide bonds. The van der Waals surface area contributed by atoms with Gasteiger partial charge < -0.3 is 5.11 Å². The first-order chi connectivity index (χ1) is 8.77. The minimum Gasteiger partial charge on any atom is -0.384 e. The van der Waals surface area contributed by atoms with E-state index in [4.69, 9.17) is 0 Å². The van der Waals surface area contributed by atoms with Crippen molar-refractivity contribution in [1.29, 1.82) is 0 Å². The van der Waals surface area contributed by atoms with E-state index in [1.54, 1.807) is 0 Å². The smallest absolute Gasteiger partial charge is 0.211 e. The summed E-state index contributed by atoms with van der Waals surface area (Å²) in [5.74, 6) is -0.355. The van der Waals surface area contributed by atoms with Gasteiger partial charge in [-0.15, -0.1) is 0 Å². The summed E-state index contributed by atoms with van der Waals surface area (Å²) < 4.78 is 38.5. The Kier molecular flexibility index (Phi) is 5.46. The van der Waals surface area contributed by atoms with E-state index in [9.17, 15) is 17.9 Å². The first kappa shape index (κ1) is 16.1. The molecular formula is C13H20FNO3S. The Morgan fingerprint density at radius 2 is 1.89 bits per heavy atom. The maximum Gasteiger partial charge on any atom is 0.211 e. The van der Waals surface area contributed by atoms with Crippen molar-refractivity contribution >= 4 is 10.0 Å². The van der Waals surface area contributed by atoms with Crippen LogP contribution in [0.5, 0.6) is 0 Å². The molecule has 0 aliphatic carbocycles. The van der Waals surface area contributed by atoms with Crippen LogP contribution in [0, 0.1) is 5.82 Å². The van der Waals surface area contributed by atoms with Crippen molar-refractivity contribution in [3.8, 4) is 0 Å². The predicted octanol–water partition coefficient (Wildman–Crippen LogP) is 1.75. The van der Waals surface area contributed by atoms with Crippen molar-refractivity contribution in [3.63, 3.8) is 0 Å². The van der Waals surface area contributed by atoms with Crippen LogP contribution in [0.25, 0.3) is 0 Å². The zero-order valence-electron chi connectivity index (χ0n) is 11.2. The molecule has 1 atom stereocenters. The fourth-order valence-electron chi connectivity index (χ4n) is 1.57. The average molecular weight is 289 g/mol. The number of hydrogen-bond donors (Lipinski definition) is 2. The van der Waals surface area contributed by atoms with E-state index in [1.165, 1.54) is 31.2 Å². The highest BCUT2D eigenvalue weighted by molar-refractivity contribution is 7.89. The summed E-state index contributed by atoms with van der Waals surface area (Å²) >= 11 is 0. The summed E-state index contributed by atoms with van der Waals surface area (Å²) in [7, 11) is -3.38. The van der Waals surface area contributed by atoms with Gasteiger partial charge in [0.15, 0.2) is 0 Å². The van der Waals surface area contributed by atoms with E-state index in [1.807, 2.05) is 6.92 Å².